The maximum absolute atomic E-state index is 6.52. The van der Waals surface area contributed by atoms with Gasteiger partial charge in [0.2, 0.25) is 0 Å². The Morgan fingerprint density at radius 2 is 0.964 bits per heavy atom. The van der Waals surface area contributed by atoms with Crippen molar-refractivity contribution in [2.24, 2.45) is 0 Å². The lowest BCUT2D eigenvalue weighted by atomic mass is 9.91. The van der Waals surface area contributed by atoms with Crippen LogP contribution in [0.4, 0.5) is 17.1 Å². The van der Waals surface area contributed by atoms with Crippen LogP contribution in [-0.2, 0) is 0 Å². The smallest absolute Gasteiger partial charge is 0.137 e. The van der Waals surface area contributed by atoms with Gasteiger partial charge in [0, 0.05) is 59.4 Å². The minimum Gasteiger partial charge on any atom is -0.456 e. The van der Waals surface area contributed by atoms with Crippen LogP contribution in [0.5, 0.6) is 0 Å². The van der Waals surface area contributed by atoms with E-state index in [1.165, 1.54) is 58.8 Å². The molecular weight excluding hydrogens is 687 g/mol. The number of fused-ring (bicyclic) bond motifs is 7. The van der Waals surface area contributed by atoms with Crippen LogP contribution in [-0.4, -0.2) is 0 Å². The van der Waals surface area contributed by atoms with Gasteiger partial charge in [-0.25, -0.2) is 0 Å². The van der Waals surface area contributed by atoms with Gasteiger partial charge in [0.25, 0.3) is 0 Å². The summed E-state index contributed by atoms with van der Waals surface area (Å²) in [5, 5.41) is 7.28. The lowest BCUT2D eigenvalue weighted by Crippen LogP contribution is -2.12. The van der Waals surface area contributed by atoms with E-state index in [4.69, 9.17) is 4.42 Å². The van der Waals surface area contributed by atoms with Crippen molar-refractivity contribution in [1.29, 1.82) is 0 Å². The molecule has 0 aliphatic heterocycles. The van der Waals surface area contributed by atoms with Crippen molar-refractivity contribution in [1.82, 2.24) is 0 Å². The second kappa shape index (κ2) is 12.9. The third-order valence-corrected chi connectivity index (χ3v) is 12.1. The van der Waals surface area contributed by atoms with Crippen LogP contribution in [0.25, 0.3) is 86.3 Å². The van der Waals surface area contributed by atoms with Gasteiger partial charge in [-0.15, -0.1) is 11.3 Å². The van der Waals surface area contributed by atoms with Gasteiger partial charge in [0.1, 0.15) is 11.2 Å². The van der Waals surface area contributed by atoms with E-state index in [0.717, 1.165) is 44.6 Å². The van der Waals surface area contributed by atoms with Crippen molar-refractivity contribution in [3.8, 4) is 33.4 Å². The van der Waals surface area contributed by atoms with E-state index in [1.54, 1.807) is 0 Å². The number of rotatable bonds is 6. The van der Waals surface area contributed by atoms with Crippen molar-refractivity contribution in [2.75, 3.05) is 4.90 Å². The molecule has 0 radical (unpaired) electrons. The van der Waals surface area contributed by atoms with Gasteiger partial charge in [0.05, 0.1) is 11.4 Å². The molecule has 0 amide bonds. The zero-order valence-corrected chi connectivity index (χ0v) is 30.6. The molecule has 0 spiro atoms. The van der Waals surface area contributed by atoms with Crippen molar-refractivity contribution in [3.05, 3.63) is 200 Å². The molecule has 0 saturated carbocycles. The SMILES string of the molecule is c1ccc(-c2ccccc2N(c2ccc3c(c2)oc2ccccc23)c2ccccc2-c2cccc3c2sc2ccccc23)c(-c2ccc3ccccc3c2)c1. The van der Waals surface area contributed by atoms with Crippen LogP contribution >= 0.6 is 11.3 Å². The molecule has 0 N–H and O–H groups in total. The molecule has 2 heterocycles. The molecule has 0 saturated heterocycles. The molecule has 2 nitrogen and oxygen atoms in total. The zero-order valence-electron chi connectivity index (χ0n) is 29.8. The molecule has 0 unspecified atom stereocenters. The standard InChI is InChI=1S/C52H33NOS/c1-2-15-35-32-36(29-28-34(35)14-1)38-16-3-4-17-39(38)40-18-5-9-24-47(40)53(37-30-31-43-42-20-7-11-26-49(42)54-50(43)33-37)48-25-10-6-19-41(48)45-22-13-23-46-44-21-8-12-27-51(44)55-52(45)46/h1-33H. The van der Waals surface area contributed by atoms with Gasteiger partial charge in [-0.2, -0.15) is 0 Å². The maximum Gasteiger partial charge on any atom is 0.137 e. The average Bonchev–Trinajstić information content (AvgIpc) is 3.82. The fourth-order valence-corrected chi connectivity index (χ4v) is 9.57. The van der Waals surface area contributed by atoms with E-state index < -0.39 is 0 Å². The van der Waals surface area contributed by atoms with Crippen molar-refractivity contribution in [3.63, 3.8) is 0 Å². The quantitative estimate of drug-likeness (QED) is 0.170. The van der Waals surface area contributed by atoms with Gasteiger partial charge in [-0.3, -0.25) is 0 Å². The molecular formula is C52H33NOS. The van der Waals surface area contributed by atoms with Crippen molar-refractivity contribution in [2.45, 2.75) is 0 Å². The molecule has 0 aliphatic carbocycles. The number of hydrogen-bond acceptors (Lipinski definition) is 3. The van der Waals surface area contributed by atoms with Gasteiger partial charge in [-0.05, 0) is 69.9 Å². The Bertz CT molecular complexity index is 3240. The van der Waals surface area contributed by atoms with Crippen LogP contribution < -0.4 is 4.90 Å². The number of nitrogens with zero attached hydrogens (tertiary/aromatic N) is 1. The van der Waals surface area contributed by atoms with E-state index in [9.17, 15) is 0 Å². The molecule has 11 aromatic rings. The predicted octanol–water partition coefficient (Wildman–Crippen LogP) is 15.6. The normalized spacial score (nSPS) is 11.6. The van der Waals surface area contributed by atoms with Gasteiger partial charge >= 0.3 is 0 Å². The summed E-state index contributed by atoms with van der Waals surface area (Å²) in [6, 6.07) is 72.3. The highest BCUT2D eigenvalue weighted by atomic mass is 32.1. The Morgan fingerprint density at radius 3 is 1.80 bits per heavy atom. The van der Waals surface area contributed by atoms with E-state index in [1.807, 2.05) is 23.5 Å². The van der Waals surface area contributed by atoms with Crippen LogP contribution in [0, 0.1) is 0 Å². The third-order valence-electron chi connectivity index (χ3n) is 10.9. The fourth-order valence-electron chi connectivity index (χ4n) is 8.34. The Labute approximate surface area is 322 Å². The summed E-state index contributed by atoms with van der Waals surface area (Å²) in [5.74, 6) is 0. The first-order valence-electron chi connectivity index (χ1n) is 18.7. The third kappa shape index (κ3) is 5.24. The molecule has 0 bridgehead atoms. The number of hydrogen-bond donors (Lipinski definition) is 0. The minimum atomic E-state index is 0.863. The lowest BCUT2D eigenvalue weighted by molar-refractivity contribution is 0.669. The van der Waals surface area contributed by atoms with Crippen LogP contribution in [0.3, 0.4) is 0 Å². The van der Waals surface area contributed by atoms with Gasteiger partial charge < -0.3 is 9.32 Å². The Morgan fingerprint density at radius 1 is 0.364 bits per heavy atom. The summed E-state index contributed by atoms with van der Waals surface area (Å²) in [7, 11) is 0. The monoisotopic (exact) mass is 719 g/mol. The number of anilines is 3. The summed E-state index contributed by atoms with van der Waals surface area (Å²) in [5.41, 5.74) is 12.1. The van der Waals surface area contributed by atoms with E-state index in [0.29, 0.717) is 0 Å². The first-order valence-corrected chi connectivity index (χ1v) is 19.5. The number of benzene rings is 9. The van der Waals surface area contributed by atoms with Crippen LogP contribution in [0.15, 0.2) is 205 Å². The molecule has 3 heteroatoms. The summed E-state index contributed by atoms with van der Waals surface area (Å²) in [4.78, 5) is 2.43. The number of thiophene rings is 1. The number of para-hydroxylation sites is 3. The van der Waals surface area contributed by atoms with Gasteiger partial charge in [-0.1, -0.05) is 152 Å². The topological polar surface area (TPSA) is 16.4 Å². The van der Waals surface area contributed by atoms with Gasteiger partial charge in [0.15, 0.2) is 0 Å². The highest BCUT2D eigenvalue weighted by Gasteiger charge is 2.24. The molecule has 258 valence electrons. The Hall–Kier alpha value is -6.94. The summed E-state index contributed by atoms with van der Waals surface area (Å²) >= 11 is 1.87. The van der Waals surface area contributed by atoms with Crippen LogP contribution in [0.1, 0.15) is 0 Å². The van der Waals surface area contributed by atoms with Crippen molar-refractivity contribution < 1.29 is 4.42 Å². The van der Waals surface area contributed by atoms with Crippen LogP contribution in [0.2, 0.25) is 0 Å². The molecule has 9 aromatic carbocycles. The average molecular weight is 720 g/mol. The summed E-state index contributed by atoms with van der Waals surface area (Å²) in [6.45, 7) is 0. The first-order chi connectivity index (χ1) is 27.3. The highest BCUT2D eigenvalue weighted by molar-refractivity contribution is 7.26. The lowest BCUT2D eigenvalue weighted by Gasteiger charge is -2.30. The molecule has 0 atom stereocenters. The summed E-state index contributed by atoms with van der Waals surface area (Å²) in [6.07, 6.45) is 0. The molecule has 2 aromatic heterocycles. The highest BCUT2D eigenvalue weighted by Crippen LogP contribution is 2.49. The second-order valence-electron chi connectivity index (χ2n) is 14.0. The fraction of sp³-hybridized carbons (Fsp3) is 0. The van der Waals surface area contributed by atoms with E-state index in [-0.39, 0.29) is 0 Å². The largest absolute Gasteiger partial charge is 0.456 e. The molecule has 55 heavy (non-hydrogen) atoms. The first kappa shape index (κ1) is 31.6. The van der Waals surface area contributed by atoms with E-state index >= 15 is 0 Å². The van der Waals surface area contributed by atoms with Crippen molar-refractivity contribution >= 4 is 81.3 Å². The summed E-state index contributed by atoms with van der Waals surface area (Å²) < 4.78 is 9.11. The Balaban J connectivity index is 1.17. The molecule has 0 fully saturated rings. The second-order valence-corrected chi connectivity index (χ2v) is 15.1. The van der Waals surface area contributed by atoms with E-state index in [2.05, 4.69) is 193 Å². The molecule has 11 rings (SSSR count). The Kier molecular flexibility index (Phi) is 7.39. The maximum atomic E-state index is 6.52. The zero-order chi connectivity index (χ0) is 36.3. The molecule has 0 aliphatic rings. The number of furan rings is 1. The predicted molar refractivity (Wildman–Crippen MR) is 235 cm³/mol. The minimum absolute atomic E-state index is 0.863.